The van der Waals surface area contributed by atoms with E-state index in [1.807, 2.05) is 0 Å². The molecule has 0 saturated carbocycles. The summed E-state index contributed by atoms with van der Waals surface area (Å²) < 4.78 is 4.89. The number of nitrogens with one attached hydrogen (secondary N) is 2. The maximum Gasteiger partial charge on any atom is 0.338 e. The molecule has 11 nitrogen and oxygen atoms in total. The molecule has 0 fully saturated rings. The summed E-state index contributed by atoms with van der Waals surface area (Å²) in [7, 11) is 0. The van der Waals surface area contributed by atoms with Crippen molar-refractivity contribution in [3.8, 4) is 0 Å². The Morgan fingerprint density at radius 3 is 2.42 bits per heavy atom. The van der Waals surface area contributed by atoms with Crippen LogP contribution in [-0.4, -0.2) is 35.0 Å². The van der Waals surface area contributed by atoms with E-state index in [1.165, 1.54) is 25.1 Å². The van der Waals surface area contributed by atoms with Crippen LogP contribution in [0.2, 0.25) is 0 Å². The van der Waals surface area contributed by atoms with Gasteiger partial charge in [0.25, 0.3) is 11.6 Å². The van der Waals surface area contributed by atoms with Gasteiger partial charge in [-0.3, -0.25) is 19.7 Å². The molecule has 0 aliphatic carbocycles. The number of amides is 2. The first kappa shape index (κ1) is 23.0. The molecule has 0 heterocycles. The Kier molecular flexibility index (Phi) is 7.78. The summed E-state index contributed by atoms with van der Waals surface area (Å²) in [4.78, 5) is 46.1. The summed E-state index contributed by atoms with van der Waals surface area (Å²) in [6.07, 6.45) is -0.114. The largest absolute Gasteiger partial charge is 0.462 e. The minimum absolute atomic E-state index is 0.0330. The Morgan fingerprint density at radius 2 is 1.81 bits per heavy atom. The van der Waals surface area contributed by atoms with Crippen LogP contribution in [0.3, 0.4) is 0 Å². The molecule has 0 aliphatic heterocycles. The fourth-order valence-corrected chi connectivity index (χ4v) is 2.46. The van der Waals surface area contributed by atoms with Crippen molar-refractivity contribution in [3.63, 3.8) is 0 Å². The van der Waals surface area contributed by atoms with Crippen molar-refractivity contribution in [2.45, 2.75) is 20.3 Å². The summed E-state index contributed by atoms with van der Waals surface area (Å²) >= 11 is 0. The highest BCUT2D eigenvalue weighted by Crippen LogP contribution is 2.18. The van der Waals surface area contributed by atoms with Gasteiger partial charge in [0.2, 0.25) is 5.91 Å². The standard InChI is InChI=1S/C20H21N5O6/c1-3-31-20(28)13-4-6-16(7-5-13)22-18(26)8-12(2)23-24-19(27)14-9-15(21)11-17(10-14)25(29)30/h4-7,9-11H,3,8,21H2,1-2H3,(H,22,26)(H,24,27). The monoisotopic (exact) mass is 427 g/mol. The molecule has 0 spiro atoms. The number of hydrazone groups is 1. The lowest BCUT2D eigenvalue weighted by Gasteiger charge is -2.07. The molecule has 0 bridgehead atoms. The summed E-state index contributed by atoms with van der Waals surface area (Å²) in [5, 5.41) is 17.3. The van der Waals surface area contributed by atoms with E-state index in [0.29, 0.717) is 17.0 Å². The molecule has 11 heteroatoms. The van der Waals surface area contributed by atoms with Crippen LogP contribution in [0.15, 0.2) is 47.6 Å². The highest BCUT2D eigenvalue weighted by molar-refractivity contribution is 6.06. The fraction of sp³-hybridized carbons (Fsp3) is 0.200. The van der Waals surface area contributed by atoms with E-state index in [4.69, 9.17) is 10.5 Å². The molecule has 0 aromatic heterocycles. The van der Waals surface area contributed by atoms with Crippen LogP contribution < -0.4 is 16.5 Å². The van der Waals surface area contributed by atoms with Gasteiger partial charge in [0.05, 0.1) is 29.1 Å². The number of nitrogens with two attached hydrogens (primary N) is 1. The second-order valence-corrected chi connectivity index (χ2v) is 6.38. The number of carbonyl (C=O) groups excluding carboxylic acids is 3. The van der Waals surface area contributed by atoms with Crippen LogP contribution in [0, 0.1) is 10.1 Å². The lowest BCUT2D eigenvalue weighted by atomic mass is 10.1. The van der Waals surface area contributed by atoms with E-state index in [1.54, 1.807) is 19.1 Å². The number of carbonyl (C=O) groups is 3. The highest BCUT2D eigenvalue weighted by Gasteiger charge is 2.14. The topological polar surface area (TPSA) is 166 Å². The number of ether oxygens (including phenoxy) is 1. The Balaban J connectivity index is 1.93. The average Bonchev–Trinajstić information content (AvgIpc) is 2.72. The van der Waals surface area contributed by atoms with Gasteiger partial charge in [-0.05, 0) is 44.2 Å². The number of benzene rings is 2. The zero-order valence-corrected chi connectivity index (χ0v) is 16.9. The van der Waals surface area contributed by atoms with E-state index in [2.05, 4.69) is 15.8 Å². The number of nitrogen functional groups attached to an aromatic ring is 1. The van der Waals surface area contributed by atoms with Crippen molar-refractivity contribution in [1.29, 1.82) is 0 Å². The third kappa shape index (κ3) is 6.92. The van der Waals surface area contributed by atoms with E-state index in [0.717, 1.165) is 12.1 Å². The number of nitrogens with zero attached hydrogens (tertiary/aromatic N) is 2. The number of nitro groups is 1. The quantitative estimate of drug-likeness (QED) is 0.191. The molecule has 0 radical (unpaired) electrons. The Labute approximate surface area is 177 Å². The molecule has 2 aromatic rings. The van der Waals surface area contributed by atoms with E-state index < -0.39 is 16.8 Å². The fourth-order valence-electron chi connectivity index (χ4n) is 2.46. The van der Waals surface area contributed by atoms with Crippen LogP contribution in [0.5, 0.6) is 0 Å². The maximum atomic E-state index is 12.2. The van der Waals surface area contributed by atoms with Gasteiger partial charge in [-0.15, -0.1) is 0 Å². The number of anilines is 2. The van der Waals surface area contributed by atoms with Crippen molar-refractivity contribution in [2.75, 3.05) is 17.7 Å². The molecule has 0 saturated heterocycles. The van der Waals surface area contributed by atoms with Crippen molar-refractivity contribution in [3.05, 3.63) is 63.7 Å². The van der Waals surface area contributed by atoms with Gasteiger partial charge in [-0.25, -0.2) is 10.2 Å². The first-order valence-electron chi connectivity index (χ1n) is 9.15. The molecular formula is C20H21N5O6. The normalized spacial score (nSPS) is 10.8. The Morgan fingerprint density at radius 1 is 1.13 bits per heavy atom. The average molecular weight is 427 g/mol. The highest BCUT2D eigenvalue weighted by atomic mass is 16.6. The minimum Gasteiger partial charge on any atom is -0.462 e. The summed E-state index contributed by atoms with van der Waals surface area (Å²) in [5.41, 5.74) is 8.65. The van der Waals surface area contributed by atoms with Crippen molar-refractivity contribution < 1.29 is 24.0 Å². The molecule has 0 aliphatic rings. The predicted octanol–water partition coefficient (Wildman–Crippen LogP) is 2.49. The van der Waals surface area contributed by atoms with Gasteiger partial charge in [-0.2, -0.15) is 5.10 Å². The molecule has 0 atom stereocenters. The van der Waals surface area contributed by atoms with Crippen molar-refractivity contribution in [2.24, 2.45) is 5.10 Å². The van der Waals surface area contributed by atoms with Crippen LogP contribution in [-0.2, 0) is 9.53 Å². The lowest BCUT2D eigenvalue weighted by Crippen LogP contribution is -2.21. The van der Waals surface area contributed by atoms with E-state index in [-0.39, 0.29) is 35.9 Å². The minimum atomic E-state index is -0.704. The number of hydrogen-bond acceptors (Lipinski definition) is 8. The molecule has 2 rings (SSSR count). The van der Waals surface area contributed by atoms with Crippen LogP contribution in [0.4, 0.5) is 17.1 Å². The van der Waals surface area contributed by atoms with Gasteiger partial charge in [-0.1, -0.05) is 0 Å². The number of non-ortho nitro benzene ring substituents is 1. The van der Waals surface area contributed by atoms with Gasteiger partial charge in [0, 0.05) is 29.2 Å². The van der Waals surface area contributed by atoms with E-state index in [9.17, 15) is 24.5 Å². The second-order valence-electron chi connectivity index (χ2n) is 6.38. The SMILES string of the molecule is CCOC(=O)c1ccc(NC(=O)CC(C)=NNC(=O)c2cc(N)cc([N+](=O)[O-])c2)cc1. The molecule has 31 heavy (non-hydrogen) atoms. The van der Waals surface area contributed by atoms with Crippen LogP contribution in [0.1, 0.15) is 41.0 Å². The molecule has 4 N–H and O–H groups in total. The maximum absolute atomic E-state index is 12.2. The molecule has 0 unspecified atom stereocenters. The molecule has 2 amide bonds. The zero-order valence-electron chi connectivity index (χ0n) is 16.9. The van der Waals surface area contributed by atoms with Crippen LogP contribution >= 0.6 is 0 Å². The van der Waals surface area contributed by atoms with Crippen LogP contribution in [0.25, 0.3) is 0 Å². The molecular weight excluding hydrogens is 406 g/mol. The van der Waals surface area contributed by atoms with Gasteiger partial charge >= 0.3 is 5.97 Å². The smallest absolute Gasteiger partial charge is 0.338 e. The molecule has 2 aromatic carbocycles. The lowest BCUT2D eigenvalue weighted by molar-refractivity contribution is -0.384. The zero-order chi connectivity index (χ0) is 23.0. The predicted molar refractivity (Wildman–Crippen MR) is 114 cm³/mol. The first-order chi connectivity index (χ1) is 14.7. The summed E-state index contributed by atoms with van der Waals surface area (Å²) in [5.74, 6) is -1.55. The van der Waals surface area contributed by atoms with Gasteiger partial charge < -0.3 is 15.8 Å². The Hall–Kier alpha value is -4.28. The summed E-state index contributed by atoms with van der Waals surface area (Å²) in [6, 6.07) is 9.66. The van der Waals surface area contributed by atoms with Gasteiger partial charge in [0.15, 0.2) is 0 Å². The first-order valence-corrected chi connectivity index (χ1v) is 9.15. The summed E-state index contributed by atoms with van der Waals surface area (Å²) in [6.45, 7) is 3.50. The van der Waals surface area contributed by atoms with Crippen molar-refractivity contribution in [1.82, 2.24) is 5.43 Å². The molecule has 162 valence electrons. The van der Waals surface area contributed by atoms with Crippen molar-refractivity contribution >= 4 is 40.6 Å². The van der Waals surface area contributed by atoms with E-state index >= 15 is 0 Å². The van der Waals surface area contributed by atoms with Gasteiger partial charge in [0.1, 0.15) is 0 Å². The second kappa shape index (κ2) is 10.5. The number of nitro benzene ring substituents is 1. The number of rotatable bonds is 8. The number of hydrogen-bond donors (Lipinski definition) is 3. The third-order valence-electron chi connectivity index (χ3n) is 3.86. The number of esters is 1. The third-order valence-corrected chi connectivity index (χ3v) is 3.86. The Bertz CT molecular complexity index is 1030.